The molecule has 0 saturated carbocycles. The lowest BCUT2D eigenvalue weighted by Crippen LogP contribution is -2.37. The molecule has 2 aromatic heterocycles. The van der Waals surface area contributed by atoms with E-state index in [1.165, 1.54) is 43.1 Å². The van der Waals surface area contributed by atoms with Crippen LogP contribution in [0.15, 0.2) is 46.1 Å². The summed E-state index contributed by atoms with van der Waals surface area (Å²) in [6.07, 6.45) is -3.24. The Morgan fingerprint density at radius 3 is 2.60 bits per heavy atom. The highest BCUT2D eigenvalue weighted by Crippen LogP contribution is 2.29. The number of alkyl halides is 3. The number of carbonyl (C=O) groups excluding carboxylic acids is 1. The van der Waals surface area contributed by atoms with Crippen molar-refractivity contribution in [2.75, 3.05) is 6.54 Å². The van der Waals surface area contributed by atoms with Crippen molar-refractivity contribution in [1.82, 2.24) is 19.4 Å². The molecule has 0 saturated heterocycles. The van der Waals surface area contributed by atoms with Gasteiger partial charge in [-0.1, -0.05) is 17.9 Å². The van der Waals surface area contributed by atoms with Crippen molar-refractivity contribution in [3.63, 3.8) is 0 Å². The Morgan fingerprint density at radius 1 is 1.17 bits per heavy atom. The second-order valence-corrected chi connectivity index (χ2v) is 6.36. The number of rotatable bonds is 2. The number of carbonyl (C=O) groups is 1. The molecule has 3 rings (SSSR count). The van der Waals surface area contributed by atoms with E-state index in [2.05, 4.69) is 22.1 Å². The van der Waals surface area contributed by atoms with Crippen LogP contribution in [-0.4, -0.2) is 26.6 Å². The van der Waals surface area contributed by atoms with Gasteiger partial charge in [0, 0.05) is 25.9 Å². The second kappa shape index (κ2) is 7.87. The summed E-state index contributed by atoms with van der Waals surface area (Å²) in [5.41, 5.74) is -1.54. The van der Waals surface area contributed by atoms with Crippen molar-refractivity contribution in [1.29, 1.82) is 0 Å². The van der Waals surface area contributed by atoms with Crippen LogP contribution in [-0.2, 0) is 20.3 Å². The van der Waals surface area contributed by atoms with E-state index in [1.807, 2.05) is 0 Å². The lowest BCUT2D eigenvalue weighted by molar-refractivity contribution is -0.137. The van der Waals surface area contributed by atoms with Crippen LogP contribution in [0.2, 0.25) is 0 Å². The molecule has 0 fully saturated rings. The summed E-state index contributed by atoms with van der Waals surface area (Å²) in [4.78, 5) is 40.5. The van der Waals surface area contributed by atoms with Gasteiger partial charge >= 0.3 is 11.9 Å². The second-order valence-electron chi connectivity index (χ2n) is 6.36. The molecule has 10 heteroatoms. The van der Waals surface area contributed by atoms with E-state index in [-0.39, 0.29) is 28.7 Å². The molecule has 30 heavy (non-hydrogen) atoms. The van der Waals surface area contributed by atoms with Gasteiger partial charge in [0.1, 0.15) is 5.65 Å². The van der Waals surface area contributed by atoms with Gasteiger partial charge in [-0.15, -0.1) is 0 Å². The Hall–Kier alpha value is -3.87. The molecule has 154 valence electrons. The van der Waals surface area contributed by atoms with Crippen molar-refractivity contribution >= 4 is 16.9 Å². The molecule has 0 spiro atoms. The summed E-state index contributed by atoms with van der Waals surface area (Å²) in [6.45, 7) is -0.127. The molecule has 3 aromatic rings. The van der Waals surface area contributed by atoms with Crippen LogP contribution in [0.25, 0.3) is 11.0 Å². The van der Waals surface area contributed by atoms with Gasteiger partial charge < -0.3 is 5.32 Å². The molecular weight excluding hydrogens is 401 g/mol. The minimum atomic E-state index is -4.46. The van der Waals surface area contributed by atoms with Crippen LogP contribution in [0.1, 0.15) is 21.5 Å². The van der Waals surface area contributed by atoms with Gasteiger partial charge in [0.05, 0.1) is 23.1 Å². The Kier molecular flexibility index (Phi) is 5.47. The van der Waals surface area contributed by atoms with Crippen molar-refractivity contribution in [3.8, 4) is 11.8 Å². The molecule has 0 radical (unpaired) electrons. The predicted molar refractivity (Wildman–Crippen MR) is 103 cm³/mol. The zero-order valence-corrected chi connectivity index (χ0v) is 15.9. The van der Waals surface area contributed by atoms with E-state index < -0.39 is 28.9 Å². The Bertz CT molecular complexity index is 1330. The number of fused-ring (bicyclic) bond motifs is 1. The molecule has 0 aliphatic carbocycles. The molecule has 2 heterocycles. The quantitative estimate of drug-likeness (QED) is 0.641. The van der Waals surface area contributed by atoms with Crippen molar-refractivity contribution < 1.29 is 18.0 Å². The average Bonchev–Trinajstić information content (AvgIpc) is 2.72. The van der Waals surface area contributed by atoms with Crippen LogP contribution in [0.4, 0.5) is 13.2 Å². The Labute approximate surface area is 167 Å². The fourth-order valence-electron chi connectivity index (χ4n) is 2.74. The first kappa shape index (κ1) is 20.9. The standard InChI is InChI=1S/C20H15F3N4O3/c1-26-16-15(18(29)27(2)19(26)30)10-13(11-25-16)17(28)24-8-4-6-12-5-3-7-14(9-12)20(21,22)23/h3,5,7,9-11H,8H2,1-2H3,(H,24,28). The molecule has 0 unspecified atom stereocenters. The SMILES string of the molecule is Cn1c(=O)c2cc(C(=O)NCC#Cc3cccc(C(F)(F)F)c3)cnc2n(C)c1=O. The van der Waals surface area contributed by atoms with Crippen LogP contribution in [0.5, 0.6) is 0 Å². The van der Waals surface area contributed by atoms with Crippen LogP contribution in [0.3, 0.4) is 0 Å². The monoisotopic (exact) mass is 416 g/mol. The van der Waals surface area contributed by atoms with Gasteiger partial charge in [-0.25, -0.2) is 9.78 Å². The largest absolute Gasteiger partial charge is 0.416 e. The van der Waals surface area contributed by atoms with Gasteiger partial charge in [-0.2, -0.15) is 13.2 Å². The Morgan fingerprint density at radius 2 is 1.90 bits per heavy atom. The fourth-order valence-corrected chi connectivity index (χ4v) is 2.74. The fraction of sp³-hybridized carbons (Fsp3) is 0.200. The first-order valence-corrected chi connectivity index (χ1v) is 8.59. The third-order valence-corrected chi connectivity index (χ3v) is 4.32. The molecule has 7 nitrogen and oxygen atoms in total. The molecule has 1 aromatic carbocycles. The van der Waals surface area contributed by atoms with E-state index in [9.17, 15) is 27.6 Å². The molecule has 0 atom stereocenters. The highest BCUT2D eigenvalue weighted by molar-refractivity contribution is 5.96. The van der Waals surface area contributed by atoms with Gasteiger partial charge in [0.15, 0.2) is 0 Å². The van der Waals surface area contributed by atoms with Crippen molar-refractivity contribution in [3.05, 3.63) is 74.1 Å². The summed E-state index contributed by atoms with van der Waals surface area (Å²) in [6, 6.07) is 5.86. The molecular formula is C20H15F3N4O3. The maximum absolute atomic E-state index is 12.7. The third-order valence-electron chi connectivity index (χ3n) is 4.32. The van der Waals surface area contributed by atoms with Gasteiger partial charge in [0.2, 0.25) is 0 Å². The van der Waals surface area contributed by atoms with Gasteiger partial charge in [-0.3, -0.25) is 18.7 Å². The first-order valence-electron chi connectivity index (χ1n) is 8.59. The summed E-state index contributed by atoms with van der Waals surface area (Å²) in [7, 11) is 2.78. The lowest BCUT2D eigenvalue weighted by Gasteiger charge is -2.08. The smallest absolute Gasteiger partial charge is 0.341 e. The highest BCUT2D eigenvalue weighted by Gasteiger charge is 2.30. The van der Waals surface area contributed by atoms with E-state index in [1.54, 1.807) is 0 Å². The number of nitrogens with one attached hydrogen (secondary N) is 1. The minimum absolute atomic E-state index is 0.0825. The number of aromatic nitrogens is 3. The first-order chi connectivity index (χ1) is 14.1. The number of amides is 1. The highest BCUT2D eigenvalue weighted by atomic mass is 19.4. The average molecular weight is 416 g/mol. The molecule has 1 amide bonds. The normalized spacial score (nSPS) is 11.1. The summed E-state index contributed by atoms with van der Waals surface area (Å²) < 4.78 is 40.2. The molecule has 0 aliphatic rings. The van der Waals surface area contributed by atoms with E-state index >= 15 is 0 Å². The lowest BCUT2D eigenvalue weighted by atomic mass is 10.1. The minimum Gasteiger partial charge on any atom is -0.341 e. The molecule has 0 aliphatic heterocycles. The predicted octanol–water partition coefficient (Wildman–Crippen LogP) is 1.43. The summed E-state index contributed by atoms with van der Waals surface area (Å²) in [5.74, 6) is 4.56. The van der Waals surface area contributed by atoms with Crippen LogP contribution < -0.4 is 16.6 Å². The summed E-state index contributed by atoms with van der Waals surface area (Å²) >= 11 is 0. The van der Waals surface area contributed by atoms with Gasteiger partial charge in [-0.05, 0) is 24.3 Å². The van der Waals surface area contributed by atoms with E-state index in [4.69, 9.17) is 0 Å². The number of hydrogen-bond donors (Lipinski definition) is 1. The third kappa shape index (κ3) is 4.10. The Balaban J connectivity index is 1.77. The van der Waals surface area contributed by atoms with E-state index in [0.29, 0.717) is 0 Å². The van der Waals surface area contributed by atoms with Crippen molar-refractivity contribution in [2.24, 2.45) is 14.1 Å². The zero-order chi connectivity index (χ0) is 22.1. The molecule has 0 bridgehead atoms. The van der Waals surface area contributed by atoms with Crippen LogP contribution >= 0.6 is 0 Å². The number of nitrogens with zero attached hydrogens (tertiary/aromatic N) is 3. The number of hydrogen-bond acceptors (Lipinski definition) is 4. The van der Waals surface area contributed by atoms with Gasteiger partial charge in [0.25, 0.3) is 11.5 Å². The zero-order valence-electron chi connectivity index (χ0n) is 15.9. The topological polar surface area (TPSA) is 86.0 Å². The maximum Gasteiger partial charge on any atom is 0.416 e. The van der Waals surface area contributed by atoms with E-state index in [0.717, 1.165) is 16.7 Å². The number of pyridine rings is 1. The van der Waals surface area contributed by atoms with Crippen molar-refractivity contribution in [2.45, 2.75) is 6.18 Å². The number of halogens is 3. The number of aryl methyl sites for hydroxylation is 1. The summed E-state index contributed by atoms with van der Waals surface area (Å²) in [5, 5.41) is 2.59. The molecule has 1 N–H and O–H groups in total. The maximum atomic E-state index is 12.7. The van der Waals surface area contributed by atoms with Crippen LogP contribution in [0, 0.1) is 11.8 Å². The number of benzene rings is 1.